The maximum Gasteiger partial charge on any atom is 0.343 e. The molecule has 2 heterocycles. The molecule has 0 radical (unpaired) electrons. The number of fused-ring (bicyclic) bond motifs is 1. The summed E-state index contributed by atoms with van der Waals surface area (Å²) in [7, 11) is 1.62. The monoisotopic (exact) mass is 358 g/mol. The largest absolute Gasteiger partial charge is 0.462 e. The summed E-state index contributed by atoms with van der Waals surface area (Å²) in [5, 5.41) is 0. The van der Waals surface area contributed by atoms with E-state index in [9.17, 15) is 9.59 Å². The molecular formula is C12H11IN2O3. The Labute approximate surface area is 117 Å². The van der Waals surface area contributed by atoms with Crippen LogP contribution in [0.2, 0.25) is 0 Å². The van der Waals surface area contributed by atoms with E-state index in [1.54, 1.807) is 20.2 Å². The highest BCUT2D eigenvalue weighted by Crippen LogP contribution is 2.17. The fourth-order valence-electron chi connectivity index (χ4n) is 1.72. The maximum atomic E-state index is 12.1. The Balaban J connectivity index is 2.76. The van der Waals surface area contributed by atoms with Crippen LogP contribution in [0.25, 0.3) is 11.0 Å². The molecular weight excluding hydrogens is 347 g/mol. The van der Waals surface area contributed by atoms with Crippen molar-refractivity contribution in [1.29, 1.82) is 0 Å². The summed E-state index contributed by atoms with van der Waals surface area (Å²) in [6.45, 7) is 1.93. The number of aromatic nitrogens is 2. The van der Waals surface area contributed by atoms with Crippen LogP contribution < -0.4 is 5.56 Å². The molecule has 0 amide bonds. The molecule has 0 aliphatic heterocycles. The quantitative estimate of drug-likeness (QED) is 0.606. The Morgan fingerprint density at radius 1 is 1.56 bits per heavy atom. The Bertz CT molecular complexity index is 679. The lowest BCUT2D eigenvalue weighted by molar-refractivity contribution is 0.0524. The van der Waals surface area contributed by atoms with Gasteiger partial charge in [0.15, 0.2) is 0 Å². The van der Waals surface area contributed by atoms with Crippen molar-refractivity contribution in [3.63, 3.8) is 0 Å². The standard InChI is InChI=1S/C12H11IN2O3/c1-3-18-12(17)7-6-9-10(15(2)11(7)16)8(13)4-5-14-9/h4-6H,3H2,1-2H3. The van der Waals surface area contributed by atoms with Gasteiger partial charge in [-0.15, -0.1) is 0 Å². The van der Waals surface area contributed by atoms with Gasteiger partial charge in [-0.2, -0.15) is 0 Å². The molecule has 0 spiro atoms. The number of carbonyl (C=O) groups excluding carboxylic acids is 1. The van der Waals surface area contributed by atoms with E-state index in [0.717, 1.165) is 9.09 Å². The number of pyridine rings is 2. The first kappa shape index (κ1) is 13.0. The molecule has 0 N–H and O–H groups in total. The number of ether oxygens (including phenoxy) is 1. The fraction of sp³-hybridized carbons (Fsp3) is 0.250. The first-order chi connectivity index (χ1) is 8.56. The van der Waals surface area contributed by atoms with Gasteiger partial charge in [-0.3, -0.25) is 9.78 Å². The van der Waals surface area contributed by atoms with Gasteiger partial charge in [0.25, 0.3) is 5.56 Å². The molecule has 0 fully saturated rings. The highest BCUT2D eigenvalue weighted by Gasteiger charge is 2.16. The Morgan fingerprint density at radius 2 is 2.28 bits per heavy atom. The summed E-state index contributed by atoms with van der Waals surface area (Å²) in [6, 6.07) is 3.30. The van der Waals surface area contributed by atoms with Crippen LogP contribution in [0.3, 0.4) is 0 Å². The van der Waals surface area contributed by atoms with Gasteiger partial charge < -0.3 is 9.30 Å². The van der Waals surface area contributed by atoms with Crippen molar-refractivity contribution < 1.29 is 9.53 Å². The zero-order valence-corrected chi connectivity index (χ0v) is 12.1. The van der Waals surface area contributed by atoms with Crippen LogP contribution in [-0.4, -0.2) is 22.1 Å². The van der Waals surface area contributed by atoms with Crippen molar-refractivity contribution >= 4 is 39.6 Å². The summed E-state index contributed by atoms with van der Waals surface area (Å²) in [6.07, 6.45) is 1.64. The van der Waals surface area contributed by atoms with Crippen LogP contribution in [0.15, 0.2) is 23.1 Å². The first-order valence-electron chi connectivity index (χ1n) is 5.37. The van der Waals surface area contributed by atoms with Crippen LogP contribution in [0, 0.1) is 3.57 Å². The second kappa shape index (κ2) is 5.05. The predicted molar refractivity (Wildman–Crippen MR) is 75.7 cm³/mol. The number of carbonyl (C=O) groups is 1. The van der Waals surface area contributed by atoms with Gasteiger partial charge in [0, 0.05) is 16.8 Å². The van der Waals surface area contributed by atoms with Crippen molar-refractivity contribution in [2.75, 3.05) is 6.61 Å². The van der Waals surface area contributed by atoms with Crippen molar-refractivity contribution in [1.82, 2.24) is 9.55 Å². The molecule has 5 nitrogen and oxygen atoms in total. The fourth-order valence-corrected chi connectivity index (χ4v) is 2.52. The van der Waals surface area contributed by atoms with Crippen molar-refractivity contribution in [3.05, 3.63) is 37.8 Å². The van der Waals surface area contributed by atoms with Crippen LogP contribution in [0.4, 0.5) is 0 Å². The van der Waals surface area contributed by atoms with Gasteiger partial charge in [-0.1, -0.05) is 0 Å². The number of aryl methyl sites for hydroxylation is 1. The van der Waals surface area contributed by atoms with Crippen molar-refractivity contribution in [2.45, 2.75) is 6.92 Å². The van der Waals surface area contributed by atoms with Gasteiger partial charge in [-0.05, 0) is 41.6 Å². The molecule has 0 saturated carbocycles. The SMILES string of the molecule is CCOC(=O)c1cc2nccc(I)c2n(C)c1=O. The van der Waals surface area contributed by atoms with E-state index in [1.165, 1.54) is 10.6 Å². The number of halogens is 1. The number of nitrogens with zero attached hydrogens (tertiary/aromatic N) is 2. The molecule has 2 aromatic rings. The molecule has 0 atom stereocenters. The third-order valence-electron chi connectivity index (χ3n) is 2.55. The molecule has 0 unspecified atom stereocenters. The van der Waals surface area contributed by atoms with Gasteiger partial charge in [0.1, 0.15) is 5.56 Å². The molecule has 94 valence electrons. The molecule has 18 heavy (non-hydrogen) atoms. The third-order valence-corrected chi connectivity index (χ3v) is 3.42. The zero-order valence-electron chi connectivity index (χ0n) is 9.94. The molecule has 0 aliphatic carbocycles. The topological polar surface area (TPSA) is 61.2 Å². The Kier molecular flexibility index (Phi) is 3.65. The molecule has 6 heteroatoms. The Morgan fingerprint density at radius 3 is 2.94 bits per heavy atom. The second-order valence-electron chi connectivity index (χ2n) is 3.67. The predicted octanol–water partition coefficient (Wildman–Crippen LogP) is 1.71. The minimum absolute atomic E-state index is 0.0151. The lowest BCUT2D eigenvalue weighted by Crippen LogP contribution is -2.26. The van der Waals surface area contributed by atoms with E-state index in [1.807, 2.05) is 6.07 Å². The summed E-state index contributed by atoms with van der Waals surface area (Å²) < 4.78 is 7.20. The average Bonchev–Trinajstić information content (AvgIpc) is 2.33. The number of hydrogen-bond donors (Lipinski definition) is 0. The third kappa shape index (κ3) is 2.12. The van der Waals surface area contributed by atoms with E-state index < -0.39 is 5.97 Å². The van der Waals surface area contributed by atoms with Gasteiger partial charge in [-0.25, -0.2) is 4.79 Å². The minimum atomic E-state index is -0.610. The second-order valence-corrected chi connectivity index (χ2v) is 4.83. The van der Waals surface area contributed by atoms with Crippen LogP contribution >= 0.6 is 22.6 Å². The summed E-state index contributed by atoms with van der Waals surface area (Å²) in [5.74, 6) is -0.610. The van der Waals surface area contributed by atoms with E-state index >= 15 is 0 Å². The molecule has 0 aliphatic rings. The number of esters is 1. The van der Waals surface area contributed by atoms with Gasteiger partial charge in [0.2, 0.25) is 0 Å². The summed E-state index contributed by atoms with van der Waals surface area (Å²) in [5.41, 5.74) is 0.969. The maximum absolute atomic E-state index is 12.1. The van der Waals surface area contributed by atoms with E-state index in [-0.39, 0.29) is 17.7 Å². The molecule has 0 aromatic carbocycles. The normalized spacial score (nSPS) is 10.6. The van der Waals surface area contributed by atoms with Crippen LogP contribution in [0.5, 0.6) is 0 Å². The highest BCUT2D eigenvalue weighted by molar-refractivity contribution is 14.1. The van der Waals surface area contributed by atoms with Crippen molar-refractivity contribution in [2.24, 2.45) is 7.05 Å². The first-order valence-corrected chi connectivity index (χ1v) is 6.45. The van der Waals surface area contributed by atoms with E-state index in [0.29, 0.717) is 5.52 Å². The number of hydrogen-bond acceptors (Lipinski definition) is 4. The lowest BCUT2D eigenvalue weighted by Gasteiger charge is -2.08. The molecule has 0 saturated heterocycles. The van der Waals surface area contributed by atoms with Gasteiger partial charge >= 0.3 is 5.97 Å². The molecule has 2 rings (SSSR count). The van der Waals surface area contributed by atoms with E-state index in [2.05, 4.69) is 27.6 Å². The zero-order chi connectivity index (χ0) is 13.3. The minimum Gasteiger partial charge on any atom is -0.462 e. The molecule has 2 aromatic heterocycles. The van der Waals surface area contributed by atoms with Crippen LogP contribution in [-0.2, 0) is 11.8 Å². The molecule has 0 bridgehead atoms. The number of rotatable bonds is 2. The van der Waals surface area contributed by atoms with Crippen LogP contribution in [0.1, 0.15) is 17.3 Å². The average molecular weight is 358 g/mol. The summed E-state index contributed by atoms with van der Waals surface area (Å²) >= 11 is 2.13. The smallest absolute Gasteiger partial charge is 0.343 e. The van der Waals surface area contributed by atoms with Gasteiger partial charge in [0.05, 0.1) is 17.6 Å². The van der Waals surface area contributed by atoms with Crippen molar-refractivity contribution in [3.8, 4) is 0 Å². The highest BCUT2D eigenvalue weighted by atomic mass is 127. The lowest BCUT2D eigenvalue weighted by atomic mass is 10.2. The van der Waals surface area contributed by atoms with E-state index in [4.69, 9.17) is 4.74 Å². The Hall–Kier alpha value is -1.44. The summed E-state index contributed by atoms with van der Waals surface area (Å²) in [4.78, 5) is 27.9.